The first kappa shape index (κ1) is 16.6. The predicted molar refractivity (Wildman–Crippen MR) is 83.4 cm³/mol. The Labute approximate surface area is 124 Å². The van der Waals surface area contributed by atoms with Gasteiger partial charge < -0.3 is 15.3 Å². The maximum absolute atomic E-state index is 11.1. The largest absolute Gasteiger partial charge is 0.478 e. The highest BCUT2D eigenvalue weighted by molar-refractivity contribution is 6.02. The monoisotopic (exact) mass is 285 g/mol. The molecule has 1 aromatic rings. The Kier molecular flexibility index (Phi) is 6.81. The molecule has 1 aromatic carbocycles. The van der Waals surface area contributed by atoms with Crippen LogP contribution in [0.4, 0.5) is 0 Å². The zero-order chi connectivity index (χ0) is 15.7. The number of hydrogen-bond acceptors (Lipinski definition) is 3. The van der Waals surface area contributed by atoms with Crippen molar-refractivity contribution in [3.63, 3.8) is 0 Å². The molecule has 0 amide bonds. The molecule has 0 bridgehead atoms. The number of carboxylic acids is 1. The quantitative estimate of drug-likeness (QED) is 0.437. The number of hydrogen-bond donors (Lipinski definition) is 2. The Balaban J connectivity index is 2.56. The van der Waals surface area contributed by atoms with Crippen molar-refractivity contribution in [2.45, 2.75) is 19.8 Å². The third-order valence-electron chi connectivity index (χ3n) is 3.02. The van der Waals surface area contributed by atoms with Crippen LogP contribution < -0.4 is 0 Å². The summed E-state index contributed by atoms with van der Waals surface area (Å²) in [6.07, 6.45) is 6.42. The lowest BCUT2D eigenvalue weighted by Gasteiger charge is -2.09. The number of nitrogens with one attached hydrogen (secondary N) is 1. The molecular weight excluding hydrogens is 266 g/mol. The van der Waals surface area contributed by atoms with Gasteiger partial charge in [0.05, 0.1) is 0 Å². The summed E-state index contributed by atoms with van der Waals surface area (Å²) in [6.45, 7) is 1.57. The van der Waals surface area contributed by atoms with Crippen LogP contribution in [-0.2, 0) is 9.59 Å². The van der Waals surface area contributed by atoms with Gasteiger partial charge >= 0.3 is 5.97 Å². The Bertz CT molecular complexity index is 559. The highest BCUT2D eigenvalue weighted by Gasteiger charge is 2.11. The van der Waals surface area contributed by atoms with E-state index in [-0.39, 0.29) is 18.1 Å². The lowest BCUT2D eigenvalue weighted by atomic mass is 9.96. The molecule has 0 saturated heterocycles. The van der Waals surface area contributed by atoms with Crippen LogP contribution in [0.1, 0.15) is 25.3 Å². The van der Waals surface area contributed by atoms with Crippen molar-refractivity contribution in [2.24, 2.45) is 5.92 Å². The SMILES string of the molecule is CC(=CC(=O)O)C(=N)C[C@@H](C=O)CC=Cc1ccccc1. The van der Waals surface area contributed by atoms with E-state index in [2.05, 4.69) is 0 Å². The molecule has 0 spiro atoms. The van der Waals surface area contributed by atoms with Gasteiger partial charge in [0.2, 0.25) is 0 Å². The maximum atomic E-state index is 11.1. The molecule has 0 saturated carbocycles. The minimum Gasteiger partial charge on any atom is -0.478 e. The van der Waals surface area contributed by atoms with Crippen molar-refractivity contribution in [2.75, 3.05) is 0 Å². The highest BCUT2D eigenvalue weighted by atomic mass is 16.4. The minimum absolute atomic E-state index is 0.183. The van der Waals surface area contributed by atoms with Crippen molar-refractivity contribution < 1.29 is 14.7 Å². The molecular formula is C17H19NO3. The molecule has 4 heteroatoms. The molecule has 0 radical (unpaired) electrons. The van der Waals surface area contributed by atoms with Crippen LogP contribution in [0.15, 0.2) is 48.1 Å². The number of rotatable bonds is 8. The predicted octanol–water partition coefficient (Wildman–Crippen LogP) is 3.35. The molecule has 2 N–H and O–H groups in total. The fourth-order valence-electron chi connectivity index (χ4n) is 1.83. The first-order chi connectivity index (χ1) is 10.0. The van der Waals surface area contributed by atoms with E-state index < -0.39 is 5.97 Å². The molecule has 110 valence electrons. The van der Waals surface area contributed by atoms with Crippen LogP contribution >= 0.6 is 0 Å². The fraction of sp³-hybridized carbons (Fsp3) is 0.235. The molecule has 1 atom stereocenters. The van der Waals surface area contributed by atoms with Gasteiger partial charge in [0.1, 0.15) is 6.29 Å². The van der Waals surface area contributed by atoms with Gasteiger partial charge in [-0.25, -0.2) is 4.79 Å². The van der Waals surface area contributed by atoms with E-state index in [0.29, 0.717) is 12.0 Å². The zero-order valence-corrected chi connectivity index (χ0v) is 12.0. The Hall–Kier alpha value is -2.49. The van der Waals surface area contributed by atoms with E-state index in [1.807, 2.05) is 42.5 Å². The molecule has 0 aliphatic heterocycles. The second-order valence-electron chi connectivity index (χ2n) is 4.79. The van der Waals surface area contributed by atoms with E-state index in [4.69, 9.17) is 10.5 Å². The summed E-state index contributed by atoms with van der Waals surface area (Å²) in [4.78, 5) is 21.6. The maximum Gasteiger partial charge on any atom is 0.328 e. The van der Waals surface area contributed by atoms with Crippen LogP contribution in [0.2, 0.25) is 0 Å². The fourth-order valence-corrected chi connectivity index (χ4v) is 1.83. The van der Waals surface area contributed by atoms with Gasteiger partial charge in [-0.3, -0.25) is 0 Å². The summed E-state index contributed by atoms with van der Waals surface area (Å²) in [5.41, 5.74) is 1.61. The van der Waals surface area contributed by atoms with Crippen molar-refractivity contribution in [3.8, 4) is 0 Å². The molecule has 21 heavy (non-hydrogen) atoms. The summed E-state index contributed by atoms with van der Waals surface area (Å²) in [5, 5.41) is 16.4. The van der Waals surface area contributed by atoms with E-state index >= 15 is 0 Å². The highest BCUT2D eigenvalue weighted by Crippen LogP contribution is 2.13. The number of benzene rings is 1. The molecule has 0 fully saturated rings. The average molecular weight is 285 g/mol. The first-order valence-electron chi connectivity index (χ1n) is 6.69. The topological polar surface area (TPSA) is 78.2 Å². The van der Waals surface area contributed by atoms with Gasteiger partial charge in [-0.05, 0) is 30.9 Å². The van der Waals surface area contributed by atoms with E-state index in [1.54, 1.807) is 6.92 Å². The number of aliphatic carboxylic acids is 1. The zero-order valence-electron chi connectivity index (χ0n) is 12.0. The standard InChI is InChI=1S/C17H19NO3/c1-13(10-17(20)21)16(18)11-15(12-19)9-5-8-14-6-3-2-4-7-14/h2-8,10,12,15,18H,9,11H2,1H3,(H,20,21)/t15-/m0/s1. The lowest BCUT2D eigenvalue weighted by Crippen LogP contribution is -2.10. The van der Waals surface area contributed by atoms with Gasteiger partial charge in [0.15, 0.2) is 0 Å². The Morgan fingerprint density at radius 1 is 1.33 bits per heavy atom. The smallest absolute Gasteiger partial charge is 0.328 e. The van der Waals surface area contributed by atoms with Crippen LogP contribution in [0, 0.1) is 11.3 Å². The normalized spacial score (nSPS) is 13.1. The van der Waals surface area contributed by atoms with Crippen LogP contribution in [0.3, 0.4) is 0 Å². The molecule has 0 heterocycles. The molecule has 4 nitrogen and oxygen atoms in total. The van der Waals surface area contributed by atoms with E-state index in [1.165, 1.54) is 0 Å². The second-order valence-corrected chi connectivity index (χ2v) is 4.79. The van der Waals surface area contributed by atoms with Gasteiger partial charge in [-0.1, -0.05) is 42.5 Å². The second kappa shape index (κ2) is 8.64. The van der Waals surface area contributed by atoms with Crippen molar-refractivity contribution in [3.05, 3.63) is 53.6 Å². The number of carbonyl (C=O) groups excluding carboxylic acids is 1. The number of carbonyl (C=O) groups is 2. The Morgan fingerprint density at radius 2 is 2.00 bits per heavy atom. The summed E-state index contributed by atoms with van der Waals surface area (Å²) in [7, 11) is 0. The van der Waals surface area contributed by atoms with Gasteiger partial charge in [0, 0.05) is 17.7 Å². The molecule has 1 rings (SSSR count). The van der Waals surface area contributed by atoms with Crippen molar-refractivity contribution in [1.29, 1.82) is 5.41 Å². The number of aldehydes is 1. The third kappa shape index (κ3) is 6.47. The molecule has 0 aliphatic carbocycles. The minimum atomic E-state index is -1.08. The summed E-state index contributed by atoms with van der Waals surface area (Å²) in [6, 6.07) is 9.74. The average Bonchev–Trinajstić information content (AvgIpc) is 2.46. The van der Waals surface area contributed by atoms with E-state index in [0.717, 1.165) is 17.9 Å². The van der Waals surface area contributed by atoms with Gasteiger partial charge in [-0.2, -0.15) is 0 Å². The van der Waals surface area contributed by atoms with Gasteiger partial charge in [0.25, 0.3) is 0 Å². The lowest BCUT2D eigenvalue weighted by molar-refractivity contribution is -0.131. The van der Waals surface area contributed by atoms with Crippen molar-refractivity contribution >= 4 is 24.0 Å². The summed E-state index contributed by atoms with van der Waals surface area (Å²) >= 11 is 0. The van der Waals surface area contributed by atoms with Crippen LogP contribution in [0.25, 0.3) is 6.08 Å². The van der Waals surface area contributed by atoms with Crippen LogP contribution in [0.5, 0.6) is 0 Å². The molecule has 0 aliphatic rings. The molecule has 0 aromatic heterocycles. The van der Waals surface area contributed by atoms with Crippen molar-refractivity contribution in [1.82, 2.24) is 0 Å². The number of allylic oxidation sites excluding steroid dienone is 2. The van der Waals surface area contributed by atoms with Gasteiger partial charge in [-0.15, -0.1) is 0 Å². The molecule has 0 unspecified atom stereocenters. The third-order valence-corrected chi connectivity index (χ3v) is 3.02. The van der Waals surface area contributed by atoms with Crippen LogP contribution in [-0.4, -0.2) is 23.1 Å². The summed E-state index contributed by atoms with van der Waals surface area (Å²) < 4.78 is 0. The van der Waals surface area contributed by atoms with E-state index in [9.17, 15) is 9.59 Å². The number of carboxylic acid groups (broad SMARTS) is 1. The summed E-state index contributed by atoms with van der Waals surface area (Å²) in [5.74, 6) is -1.39. The first-order valence-corrected chi connectivity index (χ1v) is 6.69. The Morgan fingerprint density at radius 3 is 2.57 bits per heavy atom.